The van der Waals surface area contributed by atoms with Crippen molar-refractivity contribution in [3.8, 4) is 11.8 Å². The van der Waals surface area contributed by atoms with Gasteiger partial charge in [0.2, 0.25) is 0 Å². The van der Waals surface area contributed by atoms with Crippen LogP contribution in [0, 0.1) is 17.7 Å². The van der Waals surface area contributed by atoms with Crippen molar-refractivity contribution < 1.29 is 19.0 Å². The Hall–Kier alpha value is -2.06. The summed E-state index contributed by atoms with van der Waals surface area (Å²) in [4.78, 5) is 11.4. The molecule has 0 spiro atoms. The molecule has 0 bridgehead atoms. The van der Waals surface area contributed by atoms with E-state index in [1.807, 2.05) is 0 Å². The van der Waals surface area contributed by atoms with E-state index >= 15 is 0 Å². The van der Waals surface area contributed by atoms with Gasteiger partial charge in [-0.3, -0.25) is 0 Å². The quantitative estimate of drug-likeness (QED) is 0.665. The first-order valence-electron chi connectivity index (χ1n) is 6.67. The van der Waals surface area contributed by atoms with Gasteiger partial charge in [-0.25, -0.2) is 9.18 Å². The maximum atomic E-state index is 13.0. The van der Waals surface area contributed by atoms with Crippen LogP contribution in [0.3, 0.4) is 0 Å². The molecule has 2 N–H and O–H groups in total. The van der Waals surface area contributed by atoms with E-state index in [2.05, 4.69) is 17.2 Å². The van der Waals surface area contributed by atoms with E-state index in [9.17, 15) is 9.18 Å². The monoisotopic (exact) mass is 293 g/mol. The number of hydrogen-bond acceptors (Lipinski definition) is 3. The molecule has 4 nitrogen and oxygen atoms in total. The third-order valence-electron chi connectivity index (χ3n) is 2.38. The molecule has 0 saturated heterocycles. The Morgan fingerprint density at radius 2 is 2.14 bits per heavy atom. The van der Waals surface area contributed by atoms with Gasteiger partial charge in [-0.2, -0.15) is 0 Å². The van der Waals surface area contributed by atoms with Gasteiger partial charge in [-0.15, -0.1) is 0 Å². The fraction of sp³-hybridized carbons (Fsp3) is 0.438. The third-order valence-corrected chi connectivity index (χ3v) is 2.38. The maximum Gasteiger partial charge on any atom is 0.407 e. The first-order chi connectivity index (χ1) is 9.81. The first-order valence-corrected chi connectivity index (χ1v) is 6.67. The second-order valence-corrected chi connectivity index (χ2v) is 5.44. The van der Waals surface area contributed by atoms with Crippen LogP contribution in [0.25, 0.3) is 0 Å². The Morgan fingerprint density at radius 3 is 2.76 bits per heavy atom. The van der Waals surface area contributed by atoms with Gasteiger partial charge < -0.3 is 15.2 Å². The number of rotatable bonds is 3. The van der Waals surface area contributed by atoms with Crippen LogP contribution in [0.4, 0.5) is 9.18 Å². The molecule has 5 heteroatoms. The lowest BCUT2D eigenvalue weighted by Gasteiger charge is -2.19. The molecule has 0 saturated carbocycles. The van der Waals surface area contributed by atoms with Crippen LogP contribution in [0.15, 0.2) is 18.2 Å². The molecule has 0 radical (unpaired) electrons. The Morgan fingerprint density at radius 1 is 1.43 bits per heavy atom. The van der Waals surface area contributed by atoms with E-state index in [1.165, 1.54) is 18.2 Å². The van der Waals surface area contributed by atoms with E-state index in [4.69, 9.17) is 9.84 Å². The highest BCUT2D eigenvalue weighted by molar-refractivity contribution is 5.67. The van der Waals surface area contributed by atoms with Crippen molar-refractivity contribution in [3.05, 3.63) is 35.1 Å². The molecule has 0 aliphatic heterocycles. The number of benzene rings is 1. The predicted octanol–water partition coefficient (Wildman–Crippen LogP) is 2.58. The molecule has 0 heterocycles. The normalized spacial score (nSPS) is 10.5. The summed E-state index contributed by atoms with van der Waals surface area (Å²) in [6.45, 7) is 5.46. The zero-order valence-electron chi connectivity index (χ0n) is 12.5. The number of carbonyl (C=O) groups excluding carboxylic acids is 1. The zero-order valence-corrected chi connectivity index (χ0v) is 12.5. The number of halogens is 1. The van der Waals surface area contributed by atoms with Crippen molar-refractivity contribution in [2.75, 3.05) is 6.54 Å². The van der Waals surface area contributed by atoms with E-state index in [-0.39, 0.29) is 6.61 Å². The second kappa shape index (κ2) is 7.65. The predicted molar refractivity (Wildman–Crippen MR) is 78.1 cm³/mol. The molecule has 1 rings (SSSR count). The molecule has 0 aromatic heterocycles. The number of nitrogens with one attached hydrogen (secondary N) is 1. The fourth-order valence-corrected chi connectivity index (χ4v) is 1.51. The Kier molecular flexibility index (Phi) is 6.19. The Bertz CT molecular complexity index is 553. The Balaban J connectivity index is 2.45. The van der Waals surface area contributed by atoms with Crippen molar-refractivity contribution >= 4 is 6.09 Å². The maximum absolute atomic E-state index is 13.0. The number of hydrogen-bond donors (Lipinski definition) is 2. The molecule has 0 unspecified atom stereocenters. The number of alkyl carbamates (subject to hydrolysis) is 1. The molecule has 1 aromatic rings. The zero-order chi connectivity index (χ0) is 15.9. The molecule has 0 aliphatic rings. The average Bonchev–Trinajstić information content (AvgIpc) is 2.37. The number of aliphatic hydroxyl groups excluding tert-OH is 1. The van der Waals surface area contributed by atoms with E-state index in [1.54, 1.807) is 20.8 Å². The third kappa shape index (κ3) is 6.77. The van der Waals surface area contributed by atoms with Crippen molar-refractivity contribution in [2.45, 2.75) is 39.4 Å². The minimum Gasteiger partial charge on any atom is -0.444 e. The summed E-state index contributed by atoms with van der Waals surface area (Å²) < 4.78 is 18.1. The van der Waals surface area contributed by atoms with Gasteiger partial charge in [-0.05, 0) is 44.5 Å². The van der Waals surface area contributed by atoms with Crippen LogP contribution in [-0.4, -0.2) is 23.3 Å². The molecular weight excluding hydrogens is 273 g/mol. The van der Waals surface area contributed by atoms with Crippen LogP contribution >= 0.6 is 0 Å². The average molecular weight is 293 g/mol. The molecule has 0 aliphatic carbocycles. The van der Waals surface area contributed by atoms with Crippen molar-refractivity contribution in [1.29, 1.82) is 0 Å². The van der Waals surface area contributed by atoms with Crippen LogP contribution in [-0.2, 0) is 11.3 Å². The lowest BCUT2D eigenvalue weighted by molar-refractivity contribution is 0.0529. The molecule has 21 heavy (non-hydrogen) atoms. The van der Waals surface area contributed by atoms with Crippen LogP contribution in [0.1, 0.15) is 38.3 Å². The highest BCUT2D eigenvalue weighted by atomic mass is 19.1. The Labute approximate surface area is 124 Å². The fourth-order valence-electron chi connectivity index (χ4n) is 1.51. The lowest BCUT2D eigenvalue weighted by atomic mass is 10.1. The minimum absolute atomic E-state index is 0.266. The minimum atomic E-state index is -0.528. The summed E-state index contributed by atoms with van der Waals surface area (Å²) in [5.41, 5.74) is 0.499. The van der Waals surface area contributed by atoms with E-state index in [0.29, 0.717) is 24.1 Å². The molecular formula is C16H20FNO3. The second-order valence-electron chi connectivity index (χ2n) is 5.44. The first kappa shape index (κ1) is 17.0. The van der Waals surface area contributed by atoms with Gasteiger partial charge in [0.15, 0.2) is 0 Å². The molecule has 0 atom stereocenters. The van der Waals surface area contributed by atoms with Crippen LogP contribution in [0.5, 0.6) is 0 Å². The SMILES string of the molecule is CC(C)(C)OC(=O)NCCC#Cc1ccc(F)cc1CO. The summed E-state index contributed by atoms with van der Waals surface area (Å²) in [6.07, 6.45) is -0.0521. The number of ether oxygens (including phenoxy) is 1. The number of carbonyl (C=O) groups is 1. The summed E-state index contributed by atoms with van der Waals surface area (Å²) in [5, 5.41) is 11.7. The number of amides is 1. The summed E-state index contributed by atoms with van der Waals surface area (Å²) in [7, 11) is 0. The van der Waals surface area contributed by atoms with E-state index < -0.39 is 17.5 Å². The number of aliphatic hydroxyl groups is 1. The van der Waals surface area contributed by atoms with Gasteiger partial charge in [0, 0.05) is 18.5 Å². The van der Waals surface area contributed by atoms with Crippen molar-refractivity contribution in [3.63, 3.8) is 0 Å². The van der Waals surface area contributed by atoms with Crippen molar-refractivity contribution in [1.82, 2.24) is 5.32 Å². The van der Waals surface area contributed by atoms with Crippen LogP contribution in [0.2, 0.25) is 0 Å². The summed E-state index contributed by atoms with van der Waals surface area (Å²) in [6, 6.07) is 4.07. The lowest BCUT2D eigenvalue weighted by Crippen LogP contribution is -2.32. The largest absolute Gasteiger partial charge is 0.444 e. The highest BCUT2D eigenvalue weighted by Crippen LogP contribution is 2.10. The van der Waals surface area contributed by atoms with Gasteiger partial charge in [0.1, 0.15) is 11.4 Å². The van der Waals surface area contributed by atoms with Gasteiger partial charge in [0.05, 0.1) is 6.61 Å². The smallest absolute Gasteiger partial charge is 0.407 e. The molecule has 0 fully saturated rings. The molecule has 114 valence electrons. The molecule has 1 amide bonds. The van der Waals surface area contributed by atoms with Crippen LogP contribution < -0.4 is 5.32 Å². The van der Waals surface area contributed by atoms with Crippen molar-refractivity contribution in [2.24, 2.45) is 0 Å². The van der Waals surface area contributed by atoms with E-state index in [0.717, 1.165) is 0 Å². The standard InChI is InChI=1S/C16H20FNO3/c1-16(2,3)21-15(20)18-9-5-4-6-12-7-8-14(17)10-13(12)11-19/h7-8,10,19H,5,9,11H2,1-3H3,(H,18,20). The summed E-state index contributed by atoms with van der Waals surface area (Å²) in [5.74, 6) is 5.30. The molecule has 1 aromatic carbocycles. The highest BCUT2D eigenvalue weighted by Gasteiger charge is 2.15. The topological polar surface area (TPSA) is 58.6 Å². The van der Waals surface area contributed by atoms with Gasteiger partial charge in [0.25, 0.3) is 0 Å². The summed E-state index contributed by atoms with van der Waals surface area (Å²) >= 11 is 0. The van der Waals surface area contributed by atoms with Gasteiger partial charge in [-0.1, -0.05) is 11.8 Å². The van der Waals surface area contributed by atoms with Gasteiger partial charge >= 0.3 is 6.09 Å².